The first-order valence-corrected chi connectivity index (χ1v) is 7.95. The van der Waals surface area contributed by atoms with Crippen molar-refractivity contribution in [3.8, 4) is 0 Å². The topological polar surface area (TPSA) is 0 Å². The largest absolute Gasteiger partial charge is 0.153 e. The van der Waals surface area contributed by atoms with Crippen LogP contribution in [0.5, 0.6) is 0 Å². The molecule has 80 valence electrons. The second-order valence-corrected chi connectivity index (χ2v) is 8.41. The van der Waals surface area contributed by atoms with Crippen LogP contribution in [-0.4, -0.2) is 21.0 Å². The van der Waals surface area contributed by atoms with Crippen LogP contribution in [0.1, 0.15) is 39.5 Å². The molecule has 3 rings (SSSR count). The summed E-state index contributed by atoms with van der Waals surface area (Å²) in [5, 5.41) is 4.09. The molecule has 0 N–H and O–H groups in total. The summed E-state index contributed by atoms with van der Waals surface area (Å²) in [6.45, 7) is 4.81. The van der Waals surface area contributed by atoms with Gasteiger partial charge in [0.05, 0.1) is 0 Å². The Morgan fingerprint density at radius 1 is 0.714 bits per heavy atom. The average Bonchev–Trinajstić information content (AvgIpc) is 3.06. The maximum Gasteiger partial charge on any atom is 0.0195 e. The van der Waals surface area contributed by atoms with Crippen molar-refractivity contribution >= 4 is 23.5 Å². The standard InChI is InChI=1S/C12H20S2/c1-7-11(13-7)9-3-5-10(6-4-9)12-8(2)14-12/h7-12H,3-6H2,1-2H3. The molecule has 4 atom stereocenters. The van der Waals surface area contributed by atoms with Crippen molar-refractivity contribution in [1.82, 2.24) is 0 Å². The minimum absolute atomic E-state index is 0.991. The predicted octanol–water partition coefficient (Wildman–Crippen LogP) is 3.80. The lowest BCUT2D eigenvalue weighted by atomic mass is 9.78. The molecule has 3 fully saturated rings. The lowest BCUT2D eigenvalue weighted by Gasteiger charge is -2.27. The van der Waals surface area contributed by atoms with Crippen molar-refractivity contribution in [3.05, 3.63) is 0 Å². The highest BCUT2D eigenvalue weighted by Gasteiger charge is 2.46. The second kappa shape index (κ2) is 3.62. The number of rotatable bonds is 2. The van der Waals surface area contributed by atoms with E-state index in [1.807, 2.05) is 0 Å². The van der Waals surface area contributed by atoms with E-state index in [-0.39, 0.29) is 0 Å². The summed E-state index contributed by atoms with van der Waals surface area (Å²) in [6.07, 6.45) is 6.15. The Kier molecular flexibility index (Phi) is 2.56. The van der Waals surface area contributed by atoms with E-state index in [1.165, 1.54) is 25.7 Å². The summed E-state index contributed by atoms with van der Waals surface area (Å²) >= 11 is 4.44. The highest BCUT2D eigenvalue weighted by atomic mass is 32.2. The fourth-order valence-corrected chi connectivity index (χ4v) is 5.44. The second-order valence-electron chi connectivity index (χ2n) is 5.29. The highest BCUT2D eigenvalue weighted by molar-refractivity contribution is 8.07. The Morgan fingerprint density at radius 2 is 1.00 bits per heavy atom. The lowest BCUT2D eigenvalue weighted by Crippen LogP contribution is -2.22. The van der Waals surface area contributed by atoms with Crippen LogP contribution in [0.2, 0.25) is 0 Å². The predicted molar refractivity (Wildman–Crippen MR) is 67.1 cm³/mol. The molecule has 0 bridgehead atoms. The van der Waals surface area contributed by atoms with Gasteiger partial charge in [0.15, 0.2) is 0 Å². The van der Waals surface area contributed by atoms with Crippen molar-refractivity contribution in [2.24, 2.45) is 11.8 Å². The van der Waals surface area contributed by atoms with Gasteiger partial charge in [-0.1, -0.05) is 13.8 Å². The molecule has 4 unspecified atom stereocenters. The summed E-state index contributed by atoms with van der Waals surface area (Å²) in [4.78, 5) is 0. The molecule has 1 saturated carbocycles. The minimum Gasteiger partial charge on any atom is -0.153 e. The monoisotopic (exact) mass is 228 g/mol. The molecule has 2 aliphatic heterocycles. The Balaban J connectivity index is 1.48. The summed E-state index contributed by atoms with van der Waals surface area (Å²) < 4.78 is 0. The molecule has 2 saturated heterocycles. The first-order valence-electron chi connectivity index (χ1n) is 6.06. The minimum atomic E-state index is 0.991. The first kappa shape index (κ1) is 9.89. The lowest BCUT2D eigenvalue weighted by molar-refractivity contribution is 0.279. The molecular formula is C12H20S2. The van der Waals surface area contributed by atoms with Crippen molar-refractivity contribution in [2.75, 3.05) is 0 Å². The summed E-state index contributed by atoms with van der Waals surface area (Å²) in [5.74, 6) is 2.18. The normalized spacial score (nSPS) is 57.0. The molecule has 1 aliphatic carbocycles. The van der Waals surface area contributed by atoms with Gasteiger partial charge in [-0.2, -0.15) is 23.5 Å². The smallest absolute Gasteiger partial charge is 0.0195 e. The zero-order valence-electron chi connectivity index (χ0n) is 9.11. The average molecular weight is 228 g/mol. The van der Waals surface area contributed by atoms with Gasteiger partial charge in [-0.25, -0.2) is 0 Å². The van der Waals surface area contributed by atoms with Gasteiger partial charge in [0.1, 0.15) is 0 Å². The molecule has 0 aromatic heterocycles. The molecule has 0 amide bonds. The molecule has 0 radical (unpaired) electrons. The van der Waals surface area contributed by atoms with Crippen LogP contribution >= 0.6 is 23.5 Å². The van der Waals surface area contributed by atoms with Crippen LogP contribution in [0.3, 0.4) is 0 Å². The number of hydrogen-bond donors (Lipinski definition) is 0. The van der Waals surface area contributed by atoms with E-state index >= 15 is 0 Å². The van der Waals surface area contributed by atoms with Crippen LogP contribution in [0.15, 0.2) is 0 Å². The van der Waals surface area contributed by atoms with Gasteiger partial charge in [0, 0.05) is 21.0 Å². The first-order chi connectivity index (χ1) is 6.75. The van der Waals surface area contributed by atoms with Gasteiger partial charge in [0.2, 0.25) is 0 Å². The van der Waals surface area contributed by atoms with E-state index in [0.717, 1.165) is 32.8 Å². The summed E-state index contributed by atoms with van der Waals surface area (Å²) in [7, 11) is 0. The SMILES string of the molecule is CC1SC1C1CCC(C2SC2C)CC1. The van der Waals surface area contributed by atoms with Crippen LogP contribution in [0.25, 0.3) is 0 Å². The van der Waals surface area contributed by atoms with E-state index in [1.54, 1.807) is 0 Å². The van der Waals surface area contributed by atoms with Crippen molar-refractivity contribution in [3.63, 3.8) is 0 Å². The fraction of sp³-hybridized carbons (Fsp3) is 1.00. The van der Waals surface area contributed by atoms with Crippen LogP contribution in [0.4, 0.5) is 0 Å². The van der Waals surface area contributed by atoms with Gasteiger partial charge in [0.25, 0.3) is 0 Å². The third-order valence-corrected chi connectivity index (χ3v) is 7.29. The molecule has 0 aromatic rings. The molecule has 2 heterocycles. The Hall–Kier alpha value is 0.700. The molecule has 0 nitrogen and oxygen atoms in total. The van der Waals surface area contributed by atoms with E-state index in [4.69, 9.17) is 0 Å². The van der Waals surface area contributed by atoms with Crippen LogP contribution < -0.4 is 0 Å². The Morgan fingerprint density at radius 3 is 1.21 bits per heavy atom. The molecule has 3 aliphatic rings. The molecule has 0 spiro atoms. The van der Waals surface area contributed by atoms with E-state index in [0.29, 0.717) is 0 Å². The molecular weight excluding hydrogens is 208 g/mol. The van der Waals surface area contributed by atoms with Crippen molar-refractivity contribution < 1.29 is 0 Å². The summed E-state index contributed by atoms with van der Waals surface area (Å²) in [5.41, 5.74) is 0. The van der Waals surface area contributed by atoms with Gasteiger partial charge < -0.3 is 0 Å². The summed E-state index contributed by atoms with van der Waals surface area (Å²) in [6, 6.07) is 0. The quantitative estimate of drug-likeness (QED) is 0.659. The number of thioether (sulfide) groups is 2. The highest BCUT2D eigenvalue weighted by Crippen LogP contribution is 2.55. The third-order valence-electron chi connectivity index (χ3n) is 4.26. The van der Waals surface area contributed by atoms with Gasteiger partial charge in [-0.15, -0.1) is 0 Å². The Labute approximate surface area is 96.0 Å². The van der Waals surface area contributed by atoms with Gasteiger partial charge in [-0.3, -0.25) is 0 Å². The molecule has 0 aromatic carbocycles. The zero-order chi connectivity index (χ0) is 9.71. The van der Waals surface area contributed by atoms with Crippen LogP contribution in [0, 0.1) is 11.8 Å². The van der Waals surface area contributed by atoms with Crippen molar-refractivity contribution in [1.29, 1.82) is 0 Å². The van der Waals surface area contributed by atoms with E-state index in [2.05, 4.69) is 37.4 Å². The van der Waals surface area contributed by atoms with Gasteiger partial charge >= 0.3 is 0 Å². The third kappa shape index (κ3) is 1.84. The van der Waals surface area contributed by atoms with E-state index in [9.17, 15) is 0 Å². The van der Waals surface area contributed by atoms with Crippen molar-refractivity contribution in [2.45, 2.75) is 60.5 Å². The maximum absolute atomic E-state index is 2.40. The molecule has 14 heavy (non-hydrogen) atoms. The van der Waals surface area contributed by atoms with Crippen LogP contribution in [-0.2, 0) is 0 Å². The molecule has 2 heteroatoms. The van der Waals surface area contributed by atoms with Gasteiger partial charge in [-0.05, 0) is 37.5 Å². The maximum atomic E-state index is 2.40. The number of hydrogen-bond acceptors (Lipinski definition) is 2. The van der Waals surface area contributed by atoms with E-state index < -0.39 is 0 Å². The fourth-order valence-electron chi connectivity index (χ4n) is 3.20. The zero-order valence-corrected chi connectivity index (χ0v) is 10.7. The Bertz CT molecular complexity index is 196.